The molecule has 0 saturated carbocycles. The van der Waals surface area contributed by atoms with Crippen LogP contribution < -0.4 is 4.72 Å². The third-order valence-electron chi connectivity index (χ3n) is 2.58. The lowest BCUT2D eigenvalue weighted by Crippen LogP contribution is -2.12. The van der Waals surface area contributed by atoms with E-state index in [4.69, 9.17) is 5.11 Å². The van der Waals surface area contributed by atoms with Crippen LogP contribution in [0.15, 0.2) is 23.4 Å². The molecule has 2 N–H and O–H groups in total. The van der Waals surface area contributed by atoms with Crippen molar-refractivity contribution in [1.29, 1.82) is 0 Å². The molecule has 2 aromatic rings. The van der Waals surface area contributed by atoms with E-state index in [-0.39, 0.29) is 9.77 Å². The molecule has 2 rings (SSSR count). The Hall–Kier alpha value is -1.87. The molecule has 2 aromatic heterocycles. The summed E-state index contributed by atoms with van der Waals surface area (Å²) in [4.78, 5) is 11.3. The van der Waals surface area contributed by atoms with E-state index in [1.165, 1.54) is 6.20 Å². The third kappa shape index (κ3) is 2.83. The molecule has 0 fully saturated rings. The molecule has 0 aromatic carbocycles. The summed E-state index contributed by atoms with van der Waals surface area (Å²) in [5, 5.41) is 12.9. The second-order valence-corrected chi connectivity index (χ2v) is 6.93. The minimum atomic E-state index is -3.81. The van der Waals surface area contributed by atoms with Crippen LogP contribution in [-0.2, 0) is 16.6 Å². The van der Waals surface area contributed by atoms with Crippen molar-refractivity contribution in [2.75, 3.05) is 4.72 Å². The number of thiophene rings is 1. The molecule has 0 saturated heterocycles. The van der Waals surface area contributed by atoms with E-state index in [9.17, 15) is 13.2 Å². The number of aromatic nitrogens is 2. The number of carboxylic acid groups (broad SMARTS) is 1. The molecule has 2 heterocycles. The number of hydrogen-bond donors (Lipinski definition) is 2. The van der Waals surface area contributed by atoms with Gasteiger partial charge in [-0.05, 0) is 19.9 Å². The average Bonchev–Trinajstić information content (AvgIpc) is 2.95. The highest BCUT2D eigenvalue weighted by atomic mass is 32.2. The lowest BCUT2D eigenvalue weighted by molar-refractivity contribution is 0.0702. The summed E-state index contributed by atoms with van der Waals surface area (Å²) in [6, 6.07) is 1.16. The summed E-state index contributed by atoms with van der Waals surface area (Å²) in [6.45, 7) is 4.08. The van der Waals surface area contributed by atoms with E-state index in [0.29, 0.717) is 17.1 Å². The van der Waals surface area contributed by atoms with Crippen molar-refractivity contribution < 1.29 is 18.3 Å². The number of anilines is 1. The van der Waals surface area contributed by atoms with E-state index in [1.807, 2.05) is 6.92 Å². The smallest absolute Gasteiger partial charge is 0.345 e. The summed E-state index contributed by atoms with van der Waals surface area (Å²) in [7, 11) is -3.81. The van der Waals surface area contributed by atoms with E-state index in [2.05, 4.69) is 9.82 Å². The first-order chi connectivity index (χ1) is 9.33. The zero-order chi connectivity index (χ0) is 14.9. The standard InChI is InChI=1S/C11H13N3O4S2/c1-3-14-6-8(5-12-14)13-20(17,18)10-4-9(11(15)16)19-7(10)2/h4-6,13H,3H2,1-2H3,(H,15,16). The van der Waals surface area contributed by atoms with Gasteiger partial charge in [0.1, 0.15) is 9.77 Å². The van der Waals surface area contributed by atoms with E-state index in [0.717, 1.165) is 17.4 Å². The molecule has 0 amide bonds. The SMILES string of the molecule is CCn1cc(NS(=O)(=O)c2cc(C(=O)O)sc2C)cn1. The highest BCUT2D eigenvalue weighted by molar-refractivity contribution is 7.93. The van der Waals surface area contributed by atoms with Crippen LogP contribution in [0.3, 0.4) is 0 Å². The summed E-state index contributed by atoms with van der Waals surface area (Å²) in [5.74, 6) is -1.14. The Morgan fingerprint density at radius 2 is 2.25 bits per heavy atom. The molecule has 20 heavy (non-hydrogen) atoms. The number of sulfonamides is 1. The van der Waals surface area contributed by atoms with Gasteiger partial charge in [-0.15, -0.1) is 11.3 Å². The number of nitrogens with zero attached hydrogens (tertiary/aromatic N) is 2. The summed E-state index contributed by atoms with van der Waals surface area (Å²) >= 11 is 0.930. The number of aromatic carboxylic acids is 1. The first-order valence-corrected chi connectivity index (χ1v) is 8.02. The number of nitrogens with one attached hydrogen (secondary N) is 1. The van der Waals surface area contributed by atoms with E-state index in [1.54, 1.807) is 17.8 Å². The normalized spacial score (nSPS) is 11.5. The van der Waals surface area contributed by atoms with Gasteiger partial charge in [0.15, 0.2) is 0 Å². The largest absolute Gasteiger partial charge is 0.477 e. The number of rotatable bonds is 5. The van der Waals surface area contributed by atoms with Crippen molar-refractivity contribution in [2.24, 2.45) is 0 Å². The molecule has 0 radical (unpaired) electrons. The Morgan fingerprint density at radius 3 is 2.75 bits per heavy atom. The van der Waals surface area contributed by atoms with Gasteiger partial charge in [0, 0.05) is 17.6 Å². The van der Waals surface area contributed by atoms with Gasteiger partial charge >= 0.3 is 5.97 Å². The lowest BCUT2D eigenvalue weighted by atomic mass is 10.4. The fraction of sp³-hybridized carbons (Fsp3) is 0.273. The van der Waals surface area contributed by atoms with Gasteiger partial charge in [0.25, 0.3) is 10.0 Å². The maximum absolute atomic E-state index is 12.2. The van der Waals surface area contributed by atoms with Crippen LogP contribution >= 0.6 is 11.3 Å². The van der Waals surface area contributed by atoms with Crippen molar-refractivity contribution in [3.63, 3.8) is 0 Å². The van der Waals surface area contributed by atoms with Crippen molar-refractivity contribution in [2.45, 2.75) is 25.3 Å². The Balaban J connectivity index is 2.32. The molecule has 0 unspecified atom stereocenters. The molecule has 0 atom stereocenters. The average molecular weight is 315 g/mol. The Labute approximate surface area is 119 Å². The molecule has 0 bridgehead atoms. The summed E-state index contributed by atoms with van der Waals surface area (Å²) in [5.41, 5.74) is 0.342. The number of carbonyl (C=O) groups is 1. The number of carboxylic acids is 1. The van der Waals surface area contributed by atoms with Gasteiger partial charge < -0.3 is 5.11 Å². The van der Waals surface area contributed by atoms with Gasteiger partial charge in [0.05, 0.1) is 11.9 Å². The predicted octanol–water partition coefficient (Wildman–Crippen LogP) is 1.77. The first kappa shape index (κ1) is 14.5. The lowest BCUT2D eigenvalue weighted by Gasteiger charge is -2.04. The fourth-order valence-corrected chi connectivity index (χ4v) is 4.10. The van der Waals surface area contributed by atoms with Gasteiger partial charge in [0.2, 0.25) is 0 Å². The second kappa shape index (κ2) is 5.25. The van der Waals surface area contributed by atoms with E-state index < -0.39 is 16.0 Å². The van der Waals surface area contributed by atoms with Crippen molar-refractivity contribution in [3.05, 3.63) is 28.2 Å². The molecular weight excluding hydrogens is 302 g/mol. The topological polar surface area (TPSA) is 101 Å². The molecule has 0 aliphatic carbocycles. The van der Waals surface area contributed by atoms with Gasteiger partial charge in [-0.25, -0.2) is 13.2 Å². The highest BCUT2D eigenvalue weighted by Gasteiger charge is 2.22. The zero-order valence-corrected chi connectivity index (χ0v) is 12.5. The van der Waals surface area contributed by atoms with E-state index >= 15 is 0 Å². The Morgan fingerprint density at radius 1 is 1.55 bits per heavy atom. The second-order valence-electron chi connectivity index (χ2n) is 4.03. The minimum absolute atomic E-state index is 0.00729. The van der Waals surface area contributed by atoms with Crippen LogP contribution in [0.4, 0.5) is 5.69 Å². The number of hydrogen-bond acceptors (Lipinski definition) is 5. The van der Waals surface area contributed by atoms with Crippen LogP contribution in [-0.4, -0.2) is 29.3 Å². The van der Waals surface area contributed by atoms with Crippen molar-refractivity contribution in [1.82, 2.24) is 9.78 Å². The third-order valence-corrected chi connectivity index (χ3v) is 5.26. The molecule has 7 nitrogen and oxygen atoms in total. The number of aryl methyl sites for hydroxylation is 2. The molecule has 108 valence electrons. The minimum Gasteiger partial charge on any atom is -0.477 e. The van der Waals surface area contributed by atoms with Crippen molar-refractivity contribution >= 4 is 33.0 Å². The van der Waals surface area contributed by atoms with Crippen LogP contribution in [0.2, 0.25) is 0 Å². The Bertz CT molecular complexity index is 746. The molecule has 0 aliphatic rings. The maximum atomic E-state index is 12.2. The quantitative estimate of drug-likeness (QED) is 0.875. The maximum Gasteiger partial charge on any atom is 0.345 e. The zero-order valence-electron chi connectivity index (χ0n) is 10.8. The monoisotopic (exact) mass is 315 g/mol. The first-order valence-electron chi connectivity index (χ1n) is 5.72. The highest BCUT2D eigenvalue weighted by Crippen LogP contribution is 2.27. The molecule has 0 aliphatic heterocycles. The van der Waals surface area contributed by atoms with Crippen molar-refractivity contribution in [3.8, 4) is 0 Å². The molecule has 0 spiro atoms. The predicted molar refractivity (Wildman–Crippen MR) is 74.7 cm³/mol. The van der Waals surface area contributed by atoms with Gasteiger partial charge in [-0.1, -0.05) is 0 Å². The summed E-state index contributed by atoms with van der Waals surface area (Å²) in [6.07, 6.45) is 2.97. The van der Waals surface area contributed by atoms with Gasteiger partial charge in [-0.2, -0.15) is 5.10 Å². The molecule has 9 heteroatoms. The Kier molecular flexibility index (Phi) is 3.82. The van der Waals surface area contributed by atoms with Crippen LogP contribution in [0.5, 0.6) is 0 Å². The van der Waals surface area contributed by atoms with Gasteiger partial charge in [-0.3, -0.25) is 9.40 Å². The van der Waals surface area contributed by atoms with Crippen LogP contribution in [0.25, 0.3) is 0 Å². The summed E-state index contributed by atoms with van der Waals surface area (Å²) < 4.78 is 28.4. The van der Waals surface area contributed by atoms with Crippen LogP contribution in [0, 0.1) is 6.92 Å². The van der Waals surface area contributed by atoms with Crippen LogP contribution in [0.1, 0.15) is 21.5 Å². The fourth-order valence-electron chi connectivity index (χ4n) is 1.64. The molecular formula is C11H13N3O4S2.